The van der Waals surface area contributed by atoms with Crippen LogP contribution in [0.3, 0.4) is 0 Å². The van der Waals surface area contributed by atoms with Crippen molar-refractivity contribution >= 4 is 52.4 Å². The molecule has 1 aromatic carbocycles. The fourth-order valence-electron chi connectivity index (χ4n) is 3.19. The maximum Gasteiger partial charge on any atom is 1.00 e. The van der Waals surface area contributed by atoms with Gasteiger partial charge in [-0.05, 0) is 23.6 Å². The van der Waals surface area contributed by atoms with Crippen LogP contribution in [0, 0.1) is 0 Å². The monoisotopic (exact) mass is 452 g/mol. The Hall–Kier alpha value is -1.85. The van der Waals surface area contributed by atoms with Crippen LogP contribution in [-0.2, 0) is 20.8 Å². The fourth-order valence-corrected chi connectivity index (χ4v) is 5.12. The molecule has 0 unspecified atom stereocenters. The van der Waals surface area contributed by atoms with E-state index in [1.165, 1.54) is 23.1 Å². The molecule has 0 bridgehead atoms. The van der Waals surface area contributed by atoms with Crippen LogP contribution in [0.25, 0.3) is 0 Å². The molecule has 11 heteroatoms. The number of thiophene rings is 1. The van der Waals surface area contributed by atoms with Gasteiger partial charge in [0.05, 0.1) is 18.1 Å². The average molecular weight is 452 g/mol. The third-order valence-corrected chi connectivity index (χ3v) is 6.67. The number of hydrogen-bond donors (Lipinski definition) is 2. The Labute approximate surface area is 203 Å². The number of carboxylic acid groups (broad SMARTS) is 1. The van der Waals surface area contributed by atoms with Crippen molar-refractivity contribution in [2.75, 3.05) is 11.1 Å². The predicted molar refractivity (Wildman–Crippen MR) is 109 cm³/mol. The van der Waals surface area contributed by atoms with Crippen molar-refractivity contribution in [1.29, 1.82) is 0 Å². The standard InChI is InChI=1S/C19H18N4O4S2.Na/c24-14(9-12-7-4-8-28-12)22-15-17(25)23-16(19(26)27)21-13(10-29-18(15)23)20-11-5-2-1-3-6-11;/h1-8,15-16,18H,9-10H2,(H,20,21)(H,22,24)(H,26,27);/q;+1/p-1/t15-,16+,18-;/m0./s1. The summed E-state index contributed by atoms with van der Waals surface area (Å²) in [5.41, 5.74) is 0.764. The third kappa shape index (κ3) is 4.89. The van der Waals surface area contributed by atoms with Gasteiger partial charge in [0.15, 0.2) is 6.17 Å². The zero-order chi connectivity index (χ0) is 20.4. The maximum absolute atomic E-state index is 12.6. The minimum absolute atomic E-state index is 0. The van der Waals surface area contributed by atoms with Crippen LogP contribution in [0.15, 0.2) is 52.8 Å². The SMILES string of the molecule is O=C(Cc1cccs1)N[C@H]1C(=O)N2[C@H](C(=O)[O-])N=C(Nc3ccccc3)CS[C@@H]12.[Na+]. The van der Waals surface area contributed by atoms with Gasteiger partial charge in [0.1, 0.15) is 17.3 Å². The Morgan fingerprint density at radius 1 is 1.20 bits per heavy atom. The van der Waals surface area contributed by atoms with E-state index in [1.54, 1.807) is 0 Å². The average Bonchev–Trinajstić information content (AvgIpc) is 3.14. The number of aliphatic carboxylic acids is 1. The van der Waals surface area contributed by atoms with Crippen molar-refractivity contribution in [2.45, 2.75) is 24.0 Å². The van der Waals surface area contributed by atoms with Crippen molar-refractivity contribution in [3.63, 3.8) is 0 Å². The summed E-state index contributed by atoms with van der Waals surface area (Å²) in [7, 11) is 0. The summed E-state index contributed by atoms with van der Waals surface area (Å²) in [6.07, 6.45) is -1.25. The van der Waals surface area contributed by atoms with E-state index in [9.17, 15) is 19.5 Å². The quantitative estimate of drug-likeness (QED) is 0.377. The Bertz CT molecular complexity index is 955. The van der Waals surface area contributed by atoms with Gasteiger partial charge in [-0.1, -0.05) is 24.3 Å². The van der Waals surface area contributed by atoms with E-state index in [2.05, 4.69) is 15.6 Å². The van der Waals surface area contributed by atoms with Gasteiger partial charge < -0.3 is 20.5 Å². The number of para-hydroxylation sites is 1. The normalized spacial score (nSPS) is 22.5. The van der Waals surface area contributed by atoms with Crippen LogP contribution in [-0.4, -0.2) is 51.9 Å². The molecule has 0 aliphatic carbocycles. The summed E-state index contributed by atoms with van der Waals surface area (Å²) in [6, 6.07) is 12.2. The van der Waals surface area contributed by atoms with E-state index in [1.807, 2.05) is 47.8 Å². The number of amides is 2. The molecule has 2 N–H and O–H groups in total. The van der Waals surface area contributed by atoms with E-state index >= 15 is 0 Å². The number of thioether (sulfide) groups is 1. The molecule has 30 heavy (non-hydrogen) atoms. The summed E-state index contributed by atoms with van der Waals surface area (Å²) in [6.45, 7) is 0. The van der Waals surface area contributed by atoms with Crippen molar-refractivity contribution in [3.8, 4) is 0 Å². The number of amidine groups is 1. The minimum Gasteiger partial charge on any atom is -0.546 e. The fraction of sp³-hybridized carbons (Fsp3) is 0.263. The molecule has 150 valence electrons. The summed E-state index contributed by atoms with van der Waals surface area (Å²) in [5, 5.41) is 18.8. The molecule has 0 radical (unpaired) electrons. The number of nitrogens with one attached hydrogen (secondary N) is 2. The second kappa shape index (κ2) is 9.97. The van der Waals surface area contributed by atoms with E-state index in [4.69, 9.17) is 0 Å². The summed E-state index contributed by atoms with van der Waals surface area (Å²) in [5.74, 6) is -1.41. The molecular weight excluding hydrogens is 435 g/mol. The molecule has 1 saturated heterocycles. The van der Waals surface area contributed by atoms with Crippen LogP contribution >= 0.6 is 23.1 Å². The van der Waals surface area contributed by atoms with Crippen LogP contribution in [0.2, 0.25) is 0 Å². The first kappa shape index (κ1) is 22.8. The zero-order valence-corrected chi connectivity index (χ0v) is 19.7. The molecule has 0 spiro atoms. The van der Waals surface area contributed by atoms with E-state index < -0.39 is 29.5 Å². The van der Waals surface area contributed by atoms with E-state index in [0.29, 0.717) is 11.6 Å². The third-order valence-electron chi connectivity index (χ3n) is 4.52. The van der Waals surface area contributed by atoms with Crippen LogP contribution in [0.4, 0.5) is 5.69 Å². The Morgan fingerprint density at radius 3 is 2.63 bits per heavy atom. The number of fused-ring (bicyclic) bond motifs is 1. The summed E-state index contributed by atoms with van der Waals surface area (Å²) < 4.78 is 0. The van der Waals surface area contributed by atoms with Gasteiger partial charge in [-0.3, -0.25) is 14.5 Å². The first-order valence-electron chi connectivity index (χ1n) is 8.88. The molecule has 1 aromatic heterocycles. The topological polar surface area (TPSA) is 114 Å². The number of carboxylic acids is 1. The molecule has 2 aliphatic rings. The molecule has 1 fully saturated rings. The number of rotatable bonds is 5. The van der Waals surface area contributed by atoms with E-state index in [-0.39, 0.29) is 41.9 Å². The molecule has 2 aromatic rings. The number of β-lactam (4-membered cyclic amide) rings is 1. The molecule has 0 saturated carbocycles. The van der Waals surface area contributed by atoms with Gasteiger partial charge in [-0.25, -0.2) is 4.99 Å². The molecule has 4 rings (SSSR count). The number of anilines is 1. The van der Waals surface area contributed by atoms with Crippen molar-refractivity contribution in [1.82, 2.24) is 10.2 Å². The van der Waals surface area contributed by atoms with Crippen LogP contribution in [0.1, 0.15) is 4.88 Å². The van der Waals surface area contributed by atoms with Gasteiger partial charge in [-0.2, -0.15) is 0 Å². The number of carbonyl (C=O) groups excluding carboxylic acids is 3. The Balaban J connectivity index is 0.00000256. The number of hydrogen-bond acceptors (Lipinski definition) is 8. The van der Waals surface area contributed by atoms with Crippen molar-refractivity contribution < 1.29 is 49.0 Å². The Kier molecular flexibility index (Phi) is 7.59. The second-order valence-corrected chi connectivity index (χ2v) is 8.65. The van der Waals surface area contributed by atoms with Crippen LogP contribution in [0.5, 0.6) is 0 Å². The minimum atomic E-state index is -1.46. The number of nitrogens with zero attached hydrogens (tertiary/aromatic N) is 2. The number of carbonyl (C=O) groups is 3. The molecule has 8 nitrogen and oxygen atoms in total. The number of aliphatic imine (C=N–C) groups is 1. The van der Waals surface area contributed by atoms with E-state index in [0.717, 1.165) is 15.5 Å². The first-order chi connectivity index (χ1) is 14.0. The van der Waals surface area contributed by atoms with Gasteiger partial charge in [0.25, 0.3) is 5.91 Å². The van der Waals surface area contributed by atoms with Crippen molar-refractivity contribution in [3.05, 3.63) is 52.7 Å². The summed E-state index contributed by atoms with van der Waals surface area (Å²) >= 11 is 2.82. The molecule has 2 aliphatic heterocycles. The van der Waals surface area contributed by atoms with Crippen molar-refractivity contribution in [2.24, 2.45) is 4.99 Å². The van der Waals surface area contributed by atoms with Gasteiger partial charge in [-0.15, -0.1) is 23.1 Å². The first-order valence-corrected chi connectivity index (χ1v) is 10.8. The second-order valence-electron chi connectivity index (χ2n) is 6.51. The van der Waals surface area contributed by atoms with Gasteiger partial charge in [0.2, 0.25) is 5.91 Å². The molecule has 2 amide bonds. The number of benzene rings is 1. The molecule has 3 atom stereocenters. The summed E-state index contributed by atoms with van der Waals surface area (Å²) in [4.78, 5) is 42.8. The zero-order valence-electron chi connectivity index (χ0n) is 16.1. The van der Waals surface area contributed by atoms with Crippen LogP contribution < -0.4 is 45.3 Å². The van der Waals surface area contributed by atoms with Gasteiger partial charge in [0, 0.05) is 10.6 Å². The smallest absolute Gasteiger partial charge is 0.546 e. The molecule has 3 heterocycles. The largest absolute Gasteiger partial charge is 1.00 e. The van der Waals surface area contributed by atoms with Gasteiger partial charge >= 0.3 is 29.6 Å². The Morgan fingerprint density at radius 2 is 1.97 bits per heavy atom. The molecular formula is C19H17N4NaO4S2. The predicted octanol–water partition coefficient (Wildman–Crippen LogP) is -2.72. The maximum atomic E-state index is 12.6.